The Morgan fingerprint density at radius 2 is 2.21 bits per heavy atom. The van der Waals surface area contributed by atoms with Gasteiger partial charge in [-0.1, -0.05) is 25.0 Å². The van der Waals surface area contributed by atoms with Gasteiger partial charge in [0, 0.05) is 6.54 Å². The fourth-order valence-corrected chi connectivity index (χ4v) is 3.50. The first kappa shape index (κ1) is 12.6. The zero-order chi connectivity index (χ0) is 13.3. The van der Waals surface area contributed by atoms with E-state index in [1.54, 1.807) is 18.2 Å². The first-order valence-corrected chi connectivity index (χ1v) is 6.99. The van der Waals surface area contributed by atoms with Gasteiger partial charge in [-0.05, 0) is 37.4 Å². The maximum absolute atomic E-state index is 13.6. The van der Waals surface area contributed by atoms with Crippen molar-refractivity contribution in [2.45, 2.75) is 25.7 Å². The van der Waals surface area contributed by atoms with Crippen LogP contribution in [0.25, 0.3) is 0 Å². The molecular weight excluding hydrogens is 243 g/mol. The largest absolute Gasteiger partial charge is 0.323 e. The molecule has 1 saturated heterocycles. The summed E-state index contributed by atoms with van der Waals surface area (Å²) in [5.41, 5.74) is -0.0429. The third-order valence-corrected chi connectivity index (χ3v) is 4.61. The van der Waals surface area contributed by atoms with Crippen LogP contribution in [0, 0.1) is 17.2 Å². The molecule has 1 heterocycles. The van der Waals surface area contributed by atoms with Crippen LogP contribution in [0.3, 0.4) is 0 Å². The molecule has 1 aliphatic carbocycles. The molecule has 0 aromatic heterocycles. The lowest BCUT2D eigenvalue weighted by Gasteiger charge is -2.37. The van der Waals surface area contributed by atoms with Gasteiger partial charge in [-0.2, -0.15) is 0 Å². The summed E-state index contributed by atoms with van der Waals surface area (Å²) in [7, 11) is 0. The Morgan fingerprint density at radius 3 is 3.05 bits per heavy atom. The van der Waals surface area contributed by atoms with Crippen LogP contribution in [0.15, 0.2) is 24.3 Å². The highest BCUT2D eigenvalue weighted by atomic mass is 19.1. The molecule has 1 aromatic rings. The predicted octanol–water partition coefficient (Wildman–Crippen LogP) is 2.54. The Morgan fingerprint density at radius 1 is 1.37 bits per heavy atom. The van der Waals surface area contributed by atoms with E-state index in [-0.39, 0.29) is 22.8 Å². The fraction of sp³-hybridized carbons (Fsp3) is 0.533. The van der Waals surface area contributed by atoms with Gasteiger partial charge >= 0.3 is 0 Å². The number of amides is 1. The van der Waals surface area contributed by atoms with E-state index in [0.717, 1.165) is 32.4 Å². The maximum atomic E-state index is 13.6. The summed E-state index contributed by atoms with van der Waals surface area (Å²) in [5.74, 6) is 0.00545. The molecule has 1 aromatic carbocycles. The molecule has 2 atom stereocenters. The number of hydrogen-bond acceptors (Lipinski definition) is 2. The van der Waals surface area contributed by atoms with Crippen LogP contribution in [-0.2, 0) is 4.79 Å². The first-order valence-electron chi connectivity index (χ1n) is 6.99. The van der Waals surface area contributed by atoms with Crippen LogP contribution in [0.5, 0.6) is 0 Å². The van der Waals surface area contributed by atoms with Crippen molar-refractivity contribution in [2.75, 3.05) is 18.4 Å². The molecule has 2 fully saturated rings. The van der Waals surface area contributed by atoms with Crippen molar-refractivity contribution in [3.63, 3.8) is 0 Å². The molecule has 3 rings (SSSR count). The van der Waals surface area contributed by atoms with Gasteiger partial charge in [0.15, 0.2) is 0 Å². The van der Waals surface area contributed by atoms with E-state index in [0.29, 0.717) is 5.92 Å². The van der Waals surface area contributed by atoms with E-state index in [1.807, 2.05) is 0 Å². The molecule has 1 aliphatic heterocycles. The van der Waals surface area contributed by atoms with Gasteiger partial charge in [0.05, 0.1) is 11.1 Å². The molecule has 102 valence electrons. The molecule has 1 saturated carbocycles. The van der Waals surface area contributed by atoms with Crippen LogP contribution in [0.2, 0.25) is 0 Å². The van der Waals surface area contributed by atoms with Crippen LogP contribution in [0.1, 0.15) is 25.7 Å². The molecule has 0 bridgehead atoms. The van der Waals surface area contributed by atoms with E-state index >= 15 is 0 Å². The Hall–Kier alpha value is -1.42. The van der Waals surface area contributed by atoms with Crippen molar-refractivity contribution < 1.29 is 9.18 Å². The quantitative estimate of drug-likeness (QED) is 0.860. The summed E-state index contributed by atoms with van der Waals surface area (Å²) in [6, 6.07) is 6.36. The topological polar surface area (TPSA) is 41.1 Å². The third-order valence-electron chi connectivity index (χ3n) is 4.61. The molecule has 0 unspecified atom stereocenters. The SMILES string of the molecule is O=C(Nc1ccccc1F)[C@@]12CCCC[C@H]1CNC2. The summed E-state index contributed by atoms with van der Waals surface area (Å²) >= 11 is 0. The predicted molar refractivity (Wildman–Crippen MR) is 72.3 cm³/mol. The second-order valence-electron chi connectivity index (χ2n) is 5.66. The van der Waals surface area contributed by atoms with Crippen molar-refractivity contribution in [1.82, 2.24) is 5.32 Å². The number of anilines is 1. The lowest BCUT2D eigenvalue weighted by atomic mass is 9.67. The van der Waals surface area contributed by atoms with Crippen molar-refractivity contribution in [1.29, 1.82) is 0 Å². The fourth-order valence-electron chi connectivity index (χ4n) is 3.50. The van der Waals surface area contributed by atoms with Crippen LogP contribution in [0.4, 0.5) is 10.1 Å². The normalized spacial score (nSPS) is 29.8. The van der Waals surface area contributed by atoms with Gasteiger partial charge in [0.2, 0.25) is 5.91 Å². The summed E-state index contributed by atoms with van der Waals surface area (Å²) in [5, 5.41) is 6.12. The summed E-state index contributed by atoms with van der Waals surface area (Å²) in [6.45, 7) is 1.63. The van der Waals surface area contributed by atoms with E-state index in [2.05, 4.69) is 10.6 Å². The standard InChI is InChI=1S/C15H19FN2O/c16-12-6-1-2-7-13(12)18-14(19)15-8-4-3-5-11(15)9-17-10-15/h1-2,6-7,11,17H,3-5,8-10H2,(H,18,19)/t11-,15+/m0/s1. The second kappa shape index (κ2) is 4.93. The number of fused-ring (bicyclic) bond motifs is 1. The molecule has 0 spiro atoms. The van der Waals surface area contributed by atoms with Crippen molar-refractivity contribution in [3.8, 4) is 0 Å². The molecule has 3 nitrogen and oxygen atoms in total. The van der Waals surface area contributed by atoms with Crippen molar-refractivity contribution >= 4 is 11.6 Å². The van der Waals surface area contributed by atoms with Gasteiger partial charge in [-0.15, -0.1) is 0 Å². The second-order valence-corrected chi connectivity index (χ2v) is 5.66. The molecule has 4 heteroatoms. The molecular formula is C15H19FN2O. The van der Waals surface area contributed by atoms with E-state index in [9.17, 15) is 9.18 Å². The van der Waals surface area contributed by atoms with Crippen LogP contribution >= 0.6 is 0 Å². The minimum atomic E-state index is -0.370. The molecule has 2 N–H and O–H groups in total. The van der Waals surface area contributed by atoms with Crippen molar-refractivity contribution in [3.05, 3.63) is 30.1 Å². The van der Waals surface area contributed by atoms with Gasteiger partial charge < -0.3 is 10.6 Å². The van der Waals surface area contributed by atoms with Crippen molar-refractivity contribution in [2.24, 2.45) is 11.3 Å². The summed E-state index contributed by atoms with van der Waals surface area (Å²) in [6.07, 6.45) is 4.28. The Bertz CT molecular complexity index is 491. The van der Waals surface area contributed by atoms with E-state index in [1.165, 1.54) is 12.5 Å². The number of rotatable bonds is 2. The van der Waals surface area contributed by atoms with E-state index < -0.39 is 0 Å². The average molecular weight is 262 g/mol. The highest BCUT2D eigenvalue weighted by molar-refractivity contribution is 5.96. The van der Waals surface area contributed by atoms with Gasteiger partial charge in [-0.25, -0.2) is 4.39 Å². The lowest BCUT2D eigenvalue weighted by Crippen LogP contribution is -2.44. The monoisotopic (exact) mass is 262 g/mol. The number of nitrogens with one attached hydrogen (secondary N) is 2. The number of halogens is 1. The molecule has 2 aliphatic rings. The maximum Gasteiger partial charge on any atom is 0.232 e. The van der Waals surface area contributed by atoms with Gasteiger partial charge in [-0.3, -0.25) is 4.79 Å². The minimum absolute atomic E-state index is 0.0210. The van der Waals surface area contributed by atoms with Crippen LogP contribution < -0.4 is 10.6 Å². The smallest absolute Gasteiger partial charge is 0.232 e. The summed E-state index contributed by atoms with van der Waals surface area (Å²) < 4.78 is 13.6. The third kappa shape index (κ3) is 2.14. The van der Waals surface area contributed by atoms with Crippen LogP contribution in [-0.4, -0.2) is 19.0 Å². The average Bonchev–Trinajstić information content (AvgIpc) is 2.86. The summed E-state index contributed by atoms with van der Waals surface area (Å²) in [4.78, 5) is 12.6. The number of benzene rings is 1. The minimum Gasteiger partial charge on any atom is -0.323 e. The molecule has 1 amide bonds. The molecule has 19 heavy (non-hydrogen) atoms. The van der Waals surface area contributed by atoms with Gasteiger partial charge in [0.1, 0.15) is 5.82 Å². The highest BCUT2D eigenvalue weighted by Crippen LogP contribution is 2.44. The lowest BCUT2D eigenvalue weighted by molar-refractivity contribution is -0.128. The molecule has 0 radical (unpaired) electrons. The zero-order valence-corrected chi connectivity index (χ0v) is 10.9. The Kier molecular flexibility index (Phi) is 3.27. The van der Waals surface area contributed by atoms with E-state index in [4.69, 9.17) is 0 Å². The van der Waals surface area contributed by atoms with Gasteiger partial charge in [0.25, 0.3) is 0 Å². The number of carbonyl (C=O) groups is 1. The number of hydrogen-bond donors (Lipinski definition) is 2. The Labute approximate surface area is 112 Å². The number of carbonyl (C=O) groups excluding carboxylic acids is 1. The number of para-hydroxylation sites is 1. The Balaban J connectivity index is 1.81. The first-order chi connectivity index (χ1) is 9.22. The highest BCUT2D eigenvalue weighted by Gasteiger charge is 2.49. The zero-order valence-electron chi connectivity index (χ0n) is 10.9.